The van der Waals surface area contributed by atoms with Crippen LogP contribution in [0.5, 0.6) is 17.2 Å². The standard InChI is InChI=1S/C16H15Cl2N3O4S/c1-24-13-6-14(25-2)11(4-9(13)18)21-16(26)20-10-5-12(22)7(15(19)23)3-8(10)17/h3-6,22H,1-2H3,(H2,19,23)(H2,20,21,26). The second-order valence-electron chi connectivity index (χ2n) is 4.98. The molecule has 26 heavy (non-hydrogen) atoms. The molecule has 0 aliphatic carbocycles. The summed E-state index contributed by atoms with van der Waals surface area (Å²) in [6.07, 6.45) is 0. The van der Waals surface area contributed by atoms with E-state index >= 15 is 0 Å². The first-order valence-corrected chi connectivity index (χ1v) is 8.25. The third-order valence-electron chi connectivity index (χ3n) is 3.32. The number of benzene rings is 2. The smallest absolute Gasteiger partial charge is 0.252 e. The van der Waals surface area contributed by atoms with Gasteiger partial charge >= 0.3 is 0 Å². The van der Waals surface area contributed by atoms with Crippen molar-refractivity contribution in [1.82, 2.24) is 0 Å². The summed E-state index contributed by atoms with van der Waals surface area (Å²) in [7, 11) is 2.98. The Balaban J connectivity index is 2.23. The van der Waals surface area contributed by atoms with E-state index in [-0.39, 0.29) is 27.1 Å². The van der Waals surface area contributed by atoms with Gasteiger partial charge < -0.3 is 30.9 Å². The number of amides is 1. The molecule has 0 spiro atoms. The van der Waals surface area contributed by atoms with Crippen molar-refractivity contribution in [2.75, 3.05) is 24.9 Å². The molecule has 0 atom stereocenters. The SMILES string of the molecule is COc1cc(OC)c(NC(=S)Nc2cc(O)c(C(N)=O)cc2Cl)cc1Cl. The highest BCUT2D eigenvalue weighted by molar-refractivity contribution is 7.80. The molecular formula is C16H15Cl2N3O4S. The zero-order valence-electron chi connectivity index (χ0n) is 13.7. The molecule has 2 aromatic carbocycles. The number of halogens is 2. The van der Waals surface area contributed by atoms with Crippen molar-refractivity contribution in [3.8, 4) is 17.2 Å². The first kappa shape index (κ1) is 19.9. The van der Waals surface area contributed by atoms with Gasteiger partial charge in [0.25, 0.3) is 5.91 Å². The number of carbonyl (C=O) groups excluding carboxylic acids is 1. The van der Waals surface area contributed by atoms with Crippen LogP contribution < -0.4 is 25.8 Å². The maximum absolute atomic E-state index is 11.2. The number of ether oxygens (including phenoxy) is 2. The molecular weight excluding hydrogens is 401 g/mol. The van der Waals surface area contributed by atoms with Gasteiger partial charge in [-0.15, -0.1) is 0 Å². The molecule has 138 valence electrons. The minimum Gasteiger partial charge on any atom is -0.507 e. The Kier molecular flexibility index (Phi) is 6.36. The highest BCUT2D eigenvalue weighted by Gasteiger charge is 2.15. The molecule has 7 nitrogen and oxygen atoms in total. The molecule has 0 radical (unpaired) electrons. The van der Waals surface area contributed by atoms with Gasteiger partial charge in [-0.25, -0.2) is 0 Å². The quantitative estimate of drug-likeness (QED) is 0.552. The van der Waals surface area contributed by atoms with E-state index in [2.05, 4.69) is 10.6 Å². The average molecular weight is 416 g/mol. The van der Waals surface area contributed by atoms with Crippen LogP contribution >= 0.6 is 35.4 Å². The van der Waals surface area contributed by atoms with Crippen LogP contribution in [0.4, 0.5) is 11.4 Å². The number of methoxy groups -OCH3 is 2. The van der Waals surface area contributed by atoms with Gasteiger partial charge in [-0.1, -0.05) is 23.2 Å². The van der Waals surface area contributed by atoms with E-state index in [9.17, 15) is 9.90 Å². The highest BCUT2D eigenvalue weighted by atomic mass is 35.5. The highest BCUT2D eigenvalue weighted by Crippen LogP contribution is 2.36. The van der Waals surface area contributed by atoms with Crippen molar-refractivity contribution in [3.05, 3.63) is 39.9 Å². The fourth-order valence-electron chi connectivity index (χ4n) is 2.09. The number of anilines is 2. The van der Waals surface area contributed by atoms with E-state index in [4.69, 9.17) is 50.6 Å². The van der Waals surface area contributed by atoms with E-state index in [1.54, 1.807) is 12.1 Å². The van der Waals surface area contributed by atoms with Gasteiger partial charge in [0.2, 0.25) is 0 Å². The predicted molar refractivity (Wildman–Crippen MR) is 106 cm³/mol. The number of hydrogen-bond acceptors (Lipinski definition) is 5. The van der Waals surface area contributed by atoms with Crippen LogP contribution in [0.1, 0.15) is 10.4 Å². The third kappa shape index (κ3) is 4.40. The third-order valence-corrected chi connectivity index (χ3v) is 4.13. The van der Waals surface area contributed by atoms with Crippen LogP contribution in [-0.4, -0.2) is 30.3 Å². The molecule has 1 amide bonds. The molecule has 0 heterocycles. The Hall–Kier alpha value is -2.42. The van der Waals surface area contributed by atoms with Gasteiger partial charge in [0.1, 0.15) is 17.2 Å². The summed E-state index contributed by atoms with van der Waals surface area (Å²) >= 11 is 17.4. The number of rotatable bonds is 5. The molecule has 0 bridgehead atoms. The summed E-state index contributed by atoms with van der Waals surface area (Å²) in [5, 5.41) is 16.2. The molecule has 0 saturated carbocycles. The fourth-order valence-corrected chi connectivity index (χ4v) is 2.76. The molecule has 0 aliphatic heterocycles. The van der Waals surface area contributed by atoms with Gasteiger partial charge in [-0.2, -0.15) is 0 Å². The van der Waals surface area contributed by atoms with E-state index in [1.165, 1.54) is 26.4 Å². The fraction of sp³-hybridized carbons (Fsp3) is 0.125. The molecule has 0 saturated heterocycles. The summed E-state index contributed by atoms with van der Waals surface area (Å²) in [5.74, 6) is -0.220. The minimum atomic E-state index is -0.797. The number of hydrogen-bond donors (Lipinski definition) is 4. The lowest BCUT2D eigenvalue weighted by molar-refractivity contribution is 0.0998. The van der Waals surface area contributed by atoms with Gasteiger partial charge in [-0.3, -0.25) is 4.79 Å². The molecule has 2 rings (SSSR count). The maximum atomic E-state index is 11.2. The van der Waals surface area contributed by atoms with Gasteiger partial charge in [-0.05, 0) is 24.4 Å². The first-order chi connectivity index (χ1) is 12.3. The molecule has 0 aliphatic rings. The van der Waals surface area contributed by atoms with Gasteiger partial charge in [0, 0.05) is 12.1 Å². The molecule has 0 unspecified atom stereocenters. The largest absolute Gasteiger partial charge is 0.507 e. The topological polar surface area (TPSA) is 106 Å². The Bertz CT molecular complexity index is 877. The van der Waals surface area contributed by atoms with E-state index < -0.39 is 5.91 Å². The number of primary amides is 1. The Labute approximate surface area is 165 Å². The second kappa shape index (κ2) is 8.31. The number of aromatic hydroxyl groups is 1. The van der Waals surface area contributed by atoms with Crippen molar-refractivity contribution >= 4 is 57.8 Å². The Morgan fingerprint density at radius 3 is 2.23 bits per heavy atom. The lowest BCUT2D eigenvalue weighted by Crippen LogP contribution is -2.20. The monoisotopic (exact) mass is 415 g/mol. The van der Waals surface area contributed by atoms with Crippen LogP contribution in [0.15, 0.2) is 24.3 Å². The summed E-state index contributed by atoms with van der Waals surface area (Å²) in [5.41, 5.74) is 5.83. The molecule has 10 heteroatoms. The number of nitrogens with two attached hydrogens (primary N) is 1. The first-order valence-electron chi connectivity index (χ1n) is 7.08. The number of thiocarbonyl (C=S) groups is 1. The molecule has 2 aromatic rings. The summed E-state index contributed by atoms with van der Waals surface area (Å²) in [6, 6.07) is 5.68. The lowest BCUT2D eigenvalue weighted by atomic mass is 10.1. The normalized spacial score (nSPS) is 10.2. The van der Waals surface area contributed by atoms with Gasteiger partial charge in [0.15, 0.2) is 5.11 Å². The molecule has 0 aromatic heterocycles. The van der Waals surface area contributed by atoms with E-state index in [0.717, 1.165) is 0 Å². The number of nitrogens with one attached hydrogen (secondary N) is 2. The van der Waals surface area contributed by atoms with Crippen molar-refractivity contribution in [3.63, 3.8) is 0 Å². The van der Waals surface area contributed by atoms with E-state index in [1.807, 2.05) is 0 Å². The van der Waals surface area contributed by atoms with Gasteiger partial charge in [0.05, 0.1) is 41.2 Å². The van der Waals surface area contributed by atoms with Crippen LogP contribution in [-0.2, 0) is 0 Å². The summed E-state index contributed by atoms with van der Waals surface area (Å²) in [6.45, 7) is 0. The predicted octanol–water partition coefficient (Wildman–Crippen LogP) is 3.62. The van der Waals surface area contributed by atoms with Crippen molar-refractivity contribution in [1.29, 1.82) is 0 Å². The average Bonchev–Trinajstić information content (AvgIpc) is 2.57. The lowest BCUT2D eigenvalue weighted by Gasteiger charge is -2.16. The maximum Gasteiger partial charge on any atom is 0.252 e. The number of carbonyl (C=O) groups is 1. The summed E-state index contributed by atoms with van der Waals surface area (Å²) in [4.78, 5) is 11.2. The Morgan fingerprint density at radius 2 is 1.65 bits per heavy atom. The van der Waals surface area contributed by atoms with Crippen LogP contribution in [0.2, 0.25) is 10.0 Å². The zero-order chi connectivity index (χ0) is 19.4. The van der Waals surface area contributed by atoms with Crippen LogP contribution in [0.25, 0.3) is 0 Å². The van der Waals surface area contributed by atoms with Crippen molar-refractivity contribution < 1.29 is 19.4 Å². The minimum absolute atomic E-state index is 0.0944. The molecule has 5 N–H and O–H groups in total. The van der Waals surface area contributed by atoms with Crippen molar-refractivity contribution in [2.45, 2.75) is 0 Å². The van der Waals surface area contributed by atoms with Crippen LogP contribution in [0, 0.1) is 0 Å². The zero-order valence-corrected chi connectivity index (χ0v) is 16.1. The summed E-state index contributed by atoms with van der Waals surface area (Å²) < 4.78 is 10.4. The van der Waals surface area contributed by atoms with E-state index in [0.29, 0.717) is 22.2 Å². The number of phenols is 1. The van der Waals surface area contributed by atoms with Crippen LogP contribution in [0.3, 0.4) is 0 Å². The second-order valence-corrected chi connectivity index (χ2v) is 6.20. The molecule has 0 fully saturated rings. The van der Waals surface area contributed by atoms with Crippen molar-refractivity contribution in [2.24, 2.45) is 5.73 Å². The Morgan fingerprint density at radius 1 is 1.04 bits per heavy atom.